The second-order valence-electron chi connectivity index (χ2n) is 6.02. The molecule has 0 saturated carbocycles. The lowest BCUT2D eigenvalue weighted by Gasteiger charge is -2.17. The van der Waals surface area contributed by atoms with Gasteiger partial charge in [-0.3, -0.25) is 24.3 Å². The highest BCUT2D eigenvalue weighted by atomic mass is 19.1. The summed E-state index contributed by atoms with van der Waals surface area (Å²) in [6.45, 7) is 3.73. The average Bonchev–Trinajstić information content (AvgIpc) is 2.57. The number of H-pyrrole nitrogens is 1. The van der Waals surface area contributed by atoms with E-state index in [-0.39, 0.29) is 17.0 Å². The van der Waals surface area contributed by atoms with E-state index in [0.29, 0.717) is 17.3 Å². The van der Waals surface area contributed by atoms with Gasteiger partial charge in [-0.15, -0.1) is 0 Å². The van der Waals surface area contributed by atoms with E-state index in [1.165, 1.54) is 0 Å². The van der Waals surface area contributed by atoms with E-state index in [1.54, 1.807) is 24.3 Å². The first kappa shape index (κ1) is 17.3. The van der Waals surface area contributed by atoms with Crippen molar-refractivity contribution in [3.05, 3.63) is 72.5 Å². The Morgan fingerprint density at radius 2 is 1.92 bits per heavy atom. The molecule has 0 radical (unpaired) electrons. The van der Waals surface area contributed by atoms with Crippen molar-refractivity contribution in [2.24, 2.45) is 0 Å². The van der Waals surface area contributed by atoms with Gasteiger partial charge in [-0.05, 0) is 23.6 Å². The SMILES string of the molecule is CC(C)c1ccccc1-n1c(=O)c([N+](=O)[O-])c(O)c2cc(F)c(=O)[nH]c21. The van der Waals surface area contributed by atoms with Gasteiger partial charge in [0.1, 0.15) is 5.65 Å². The van der Waals surface area contributed by atoms with Gasteiger partial charge in [0.15, 0.2) is 5.82 Å². The predicted molar refractivity (Wildman–Crippen MR) is 92.5 cm³/mol. The van der Waals surface area contributed by atoms with E-state index in [2.05, 4.69) is 4.98 Å². The highest BCUT2D eigenvalue weighted by Crippen LogP contribution is 2.32. The summed E-state index contributed by atoms with van der Waals surface area (Å²) in [5, 5.41) is 21.1. The number of aromatic hydroxyl groups is 1. The van der Waals surface area contributed by atoms with Gasteiger partial charge in [0.2, 0.25) is 5.75 Å². The molecule has 0 spiro atoms. The summed E-state index contributed by atoms with van der Waals surface area (Å²) in [6, 6.07) is 7.32. The Labute approximate surface area is 145 Å². The molecular formula is C17H14FN3O5. The number of pyridine rings is 2. The van der Waals surface area contributed by atoms with E-state index < -0.39 is 33.3 Å². The number of hydrogen-bond acceptors (Lipinski definition) is 5. The van der Waals surface area contributed by atoms with Crippen LogP contribution in [0.1, 0.15) is 25.3 Å². The van der Waals surface area contributed by atoms with Crippen LogP contribution in [0.25, 0.3) is 16.7 Å². The molecule has 0 fully saturated rings. The van der Waals surface area contributed by atoms with E-state index in [9.17, 15) is 29.2 Å². The summed E-state index contributed by atoms with van der Waals surface area (Å²) in [7, 11) is 0. The van der Waals surface area contributed by atoms with Gasteiger partial charge in [-0.1, -0.05) is 32.0 Å². The van der Waals surface area contributed by atoms with Crippen molar-refractivity contribution >= 4 is 16.7 Å². The maximum absolute atomic E-state index is 13.7. The monoisotopic (exact) mass is 359 g/mol. The Bertz CT molecular complexity index is 1160. The lowest BCUT2D eigenvalue weighted by Crippen LogP contribution is -2.25. The second kappa shape index (κ2) is 6.10. The van der Waals surface area contributed by atoms with Crippen LogP contribution in [0, 0.1) is 15.9 Å². The summed E-state index contributed by atoms with van der Waals surface area (Å²) in [6.07, 6.45) is 0. The molecule has 134 valence electrons. The van der Waals surface area contributed by atoms with Crippen molar-refractivity contribution in [1.29, 1.82) is 0 Å². The minimum absolute atomic E-state index is 0.0480. The molecule has 9 heteroatoms. The first-order valence-electron chi connectivity index (χ1n) is 7.68. The standard InChI is InChI=1S/C17H14FN3O5/c1-8(2)9-5-3-4-6-12(9)20-15-10(7-11(18)16(23)19-15)14(22)13(17(20)24)21(25)26/h3-8,22H,1-2H3,(H,19,23). The minimum Gasteiger partial charge on any atom is -0.501 e. The molecule has 0 atom stereocenters. The maximum Gasteiger partial charge on any atom is 0.376 e. The zero-order valence-corrected chi connectivity index (χ0v) is 13.8. The van der Waals surface area contributed by atoms with Crippen molar-refractivity contribution in [1.82, 2.24) is 9.55 Å². The van der Waals surface area contributed by atoms with Crippen LogP contribution in [-0.4, -0.2) is 19.6 Å². The van der Waals surface area contributed by atoms with Gasteiger partial charge in [-0.2, -0.15) is 0 Å². The Kier molecular flexibility index (Phi) is 4.07. The summed E-state index contributed by atoms with van der Waals surface area (Å²) >= 11 is 0. The third-order valence-corrected chi connectivity index (χ3v) is 4.07. The number of aromatic amines is 1. The molecule has 0 amide bonds. The number of nitrogens with one attached hydrogen (secondary N) is 1. The molecule has 2 aromatic heterocycles. The Hall–Kier alpha value is -3.49. The molecule has 2 N–H and O–H groups in total. The quantitative estimate of drug-likeness (QED) is 0.550. The van der Waals surface area contributed by atoms with Crippen LogP contribution in [0.15, 0.2) is 39.9 Å². The van der Waals surface area contributed by atoms with Crippen LogP contribution < -0.4 is 11.1 Å². The lowest BCUT2D eigenvalue weighted by atomic mass is 10.0. The summed E-state index contributed by atoms with van der Waals surface area (Å²) in [5.41, 5.74) is -2.58. The zero-order chi connectivity index (χ0) is 19.2. The van der Waals surface area contributed by atoms with Crippen LogP contribution in [0.3, 0.4) is 0 Å². The molecule has 3 rings (SSSR count). The third-order valence-electron chi connectivity index (χ3n) is 4.07. The smallest absolute Gasteiger partial charge is 0.376 e. The highest BCUT2D eigenvalue weighted by Gasteiger charge is 2.28. The van der Waals surface area contributed by atoms with Crippen LogP contribution in [0.5, 0.6) is 5.75 Å². The van der Waals surface area contributed by atoms with Crippen LogP contribution in [0.2, 0.25) is 0 Å². The van der Waals surface area contributed by atoms with Crippen LogP contribution in [-0.2, 0) is 0 Å². The fourth-order valence-electron chi connectivity index (χ4n) is 2.86. The first-order valence-corrected chi connectivity index (χ1v) is 7.68. The number of benzene rings is 1. The molecule has 0 aliphatic carbocycles. The molecule has 1 aromatic carbocycles. The maximum atomic E-state index is 13.7. The Balaban J connectivity index is 2.62. The molecule has 0 bridgehead atoms. The number of nitrogens with zero attached hydrogens (tertiary/aromatic N) is 2. The van der Waals surface area contributed by atoms with Crippen LogP contribution in [0.4, 0.5) is 10.1 Å². The number of para-hydroxylation sites is 1. The molecule has 3 aromatic rings. The molecule has 0 aliphatic rings. The first-order chi connectivity index (χ1) is 12.2. The number of fused-ring (bicyclic) bond motifs is 1. The molecule has 0 unspecified atom stereocenters. The minimum atomic E-state index is -1.23. The Morgan fingerprint density at radius 1 is 1.27 bits per heavy atom. The van der Waals surface area contributed by atoms with Crippen LogP contribution >= 0.6 is 0 Å². The molecule has 26 heavy (non-hydrogen) atoms. The normalized spacial score (nSPS) is 11.2. The summed E-state index contributed by atoms with van der Waals surface area (Å²) in [5.74, 6) is -2.28. The van der Waals surface area contributed by atoms with Crippen molar-refractivity contribution in [2.75, 3.05) is 0 Å². The van der Waals surface area contributed by atoms with Gasteiger partial charge in [0.25, 0.3) is 5.56 Å². The second-order valence-corrected chi connectivity index (χ2v) is 6.02. The molecule has 2 heterocycles. The molecular weight excluding hydrogens is 345 g/mol. The molecule has 8 nitrogen and oxygen atoms in total. The number of rotatable bonds is 3. The summed E-state index contributed by atoms with van der Waals surface area (Å²) < 4.78 is 14.6. The lowest BCUT2D eigenvalue weighted by molar-refractivity contribution is -0.387. The van der Waals surface area contributed by atoms with E-state index in [4.69, 9.17) is 0 Å². The average molecular weight is 359 g/mol. The van der Waals surface area contributed by atoms with Gasteiger partial charge in [0.05, 0.1) is 16.0 Å². The molecule has 0 aliphatic heterocycles. The van der Waals surface area contributed by atoms with E-state index >= 15 is 0 Å². The van der Waals surface area contributed by atoms with Gasteiger partial charge >= 0.3 is 11.2 Å². The van der Waals surface area contributed by atoms with Crippen molar-refractivity contribution in [2.45, 2.75) is 19.8 Å². The van der Waals surface area contributed by atoms with Gasteiger partial charge in [0, 0.05) is 0 Å². The fraction of sp³-hybridized carbons (Fsp3) is 0.176. The fourth-order valence-corrected chi connectivity index (χ4v) is 2.86. The van der Waals surface area contributed by atoms with Crippen molar-refractivity contribution < 1.29 is 14.4 Å². The number of aromatic nitrogens is 2. The van der Waals surface area contributed by atoms with E-state index in [0.717, 1.165) is 4.57 Å². The van der Waals surface area contributed by atoms with Gasteiger partial charge < -0.3 is 10.1 Å². The number of halogens is 1. The third kappa shape index (κ3) is 2.53. The number of hydrogen-bond donors (Lipinski definition) is 2. The van der Waals surface area contributed by atoms with Crippen molar-refractivity contribution in [3.8, 4) is 11.4 Å². The molecule has 0 saturated heterocycles. The summed E-state index contributed by atoms with van der Waals surface area (Å²) in [4.78, 5) is 36.9. The van der Waals surface area contributed by atoms with E-state index in [1.807, 2.05) is 13.8 Å². The number of nitro groups is 1. The Morgan fingerprint density at radius 3 is 2.54 bits per heavy atom. The largest absolute Gasteiger partial charge is 0.501 e. The van der Waals surface area contributed by atoms with Crippen molar-refractivity contribution in [3.63, 3.8) is 0 Å². The predicted octanol–water partition coefficient (Wildman–Crippen LogP) is 2.56. The zero-order valence-electron chi connectivity index (χ0n) is 13.8. The highest BCUT2D eigenvalue weighted by molar-refractivity contribution is 5.87. The topological polar surface area (TPSA) is 118 Å². The van der Waals surface area contributed by atoms with Gasteiger partial charge in [-0.25, -0.2) is 4.39 Å².